The maximum Gasteiger partial charge on any atom is 0.339 e. The number of rotatable bonds is 3. The Hall–Kier alpha value is -0.880. The Kier molecular flexibility index (Phi) is 3.51. The van der Waals surface area contributed by atoms with Gasteiger partial charge in [-0.15, -0.1) is 0 Å². The van der Waals surface area contributed by atoms with Crippen LogP contribution in [0, 0.1) is 0 Å². The molecule has 6 heteroatoms. The van der Waals surface area contributed by atoms with Crippen LogP contribution in [0.1, 0.15) is 34.7 Å². The van der Waals surface area contributed by atoms with Crippen molar-refractivity contribution in [2.75, 3.05) is 13.4 Å². The molecule has 0 spiro atoms. The molecule has 0 bridgehead atoms. The first-order valence-corrected chi connectivity index (χ1v) is 8.15. The summed E-state index contributed by atoms with van der Waals surface area (Å²) >= 11 is 3.29. The van der Waals surface area contributed by atoms with E-state index in [1.807, 2.05) is 0 Å². The zero-order chi connectivity index (χ0) is 13.5. The van der Waals surface area contributed by atoms with Crippen molar-refractivity contribution in [3.05, 3.63) is 27.7 Å². The van der Waals surface area contributed by atoms with Crippen LogP contribution in [-0.2, 0) is 14.6 Å². The molecule has 2 rings (SSSR count). The first-order valence-electron chi connectivity index (χ1n) is 5.46. The first kappa shape index (κ1) is 13.5. The number of ether oxygens (including phenoxy) is 1. The lowest BCUT2D eigenvalue weighted by Gasteiger charge is -2.11. The van der Waals surface area contributed by atoms with Crippen LogP contribution in [0.4, 0.5) is 0 Å². The highest BCUT2D eigenvalue weighted by atomic mass is 79.9. The summed E-state index contributed by atoms with van der Waals surface area (Å²) in [5.74, 6) is -0.258. The zero-order valence-electron chi connectivity index (χ0n) is 10.1. The molecule has 0 unspecified atom stereocenters. The molecule has 1 aromatic rings. The minimum Gasteiger partial charge on any atom is -0.465 e. The Bertz CT molecular complexity index is 603. The Balaban J connectivity index is 2.64. The Labute approximate surface area is 114 Å². The van der Waals surface area contributed by atoms with Gasteiger partial charge in [-0.25, -0.2) is 13.2 Å². The van der Waals surface area contributed by atoms with Crippen LogP contribution in [0.5, 0.6) is 0 Å². The molecule has 0 aromatic heterocycles. The molecule has 0 radical (unpaired) electrons. The molecule has 1 fully saturated rings. The number of methoxy groups -OCH3 is 1. The number of sulfone groups is 1. The van der Waals surface area contributed by atoms with Crippen molar-refractivity contribution >= 4 is 31.7 Å². The summed E-state index contributed by atoms with van der Waals surface area (Å²) in [6.07, 6.45) is 3.14. The van der Waals surface area contributed by atoms with E-state index in [-0.39, 0.29) is 16.4 Å². The van der Waals surface area contributed by atoms with E-state index in [0.717, 1.165) is 24.7 Å². The molecule has 0 saturated heterocycles. The quantitative estimate of drug-likeness (QED) is 0.798. The van der Waals surface area contributed by atoms with Crippen LogP contribution in [0.15, 0.2) is 21.5 Å². The number of carbonyl (C=O) groups is 1. The van der Waals surface area contributed by atoms with Gasteiger partial charge in [0.25, 0.3) is 0 Å². The largest absolute Gasteiger partial charge is 0.465 e. The van der Waals surface area contributed by atoms with Crippen LogP contribution in [-0.4, -0.2) is 27.8 Å². The van der Waals surface area contributed by atoms with Crippen molar-refractivity contribution in [2.24, 2.45) is 0 Å². The third-order valence-electron chi connectivity index (χ3n) is 2.92. The maximum absolute atomic E-state index is 11.8. The van der Waals surface area contributed by atoms with Crippen LogP contribution in [0.3, 0.4) is 0 Å². The minimum atomic E-state index is -3.35. The van der Waals surface area contributed by atoms with E-state index in [1.165, 1.54) is 13.2 Å². The molecule has 1 aromatic carbocycles. The van der Waals surface area contributed by atoms with Gasteiger partial charge in [0.1, 0.15) is 0 Å². The lowest BCUT2D eigenvalue weighted by atomic mass is 10.1. The fourth-order valence-electron chi connectivity index (χ4n) is 1.87. The lowest BCUT2D eigenvalue weighted by molar-refractivity contribution is 0.0599. The van der Waals surface area contributed by atoms with E-state index in [4.69, 9.17) is 0 Å². The highest BCUT2D eigenvalue weighted by Gasteiger charge is 2.30. The summed E-state index contributed by atoms with van der Waals surface area (Å²) in [6, 6.07) is 3.12. The van der Waals surface area contributed by atoms with E-state index in [9.17, 15) is 13.2 Å². The second kappa shape index (κ2) is 4.66. The predicted octanol–water partition coefficient (Wildman–Crippen LogP) is 2.52. The monoisotopic (exact) mass is 332 g/mol. The van der Waals surface area contributed by atoms with Gasteiger partial charge in [0.15, 0.2) is 9.84 Å². The van der Waals surface area contributed by atoms with Crippen molar-refractivity contribution in [1.82, 2.24) is 0 Å². The highest BCUT2D eigenvalue weighted by molar-refractivity contribution is 9.10. The zero-order valence-corrected chi connectivity index (χ0v) is 12.5. The first-order chi connectivity index (χ1) is 8.34. The number of hydrogen-bond donors (Lipinski definition) is 0. The standard InChI is InChI=1S/C12H13BrO4S/c1-17-12(14)9-6-11(18(2,15)16)8(5-10(9)13)7-3-4-7/h5-7H,3-4H2,1-2H3. The number of esters is 1. The Morgan fingerprint density at radius 2 is 2.00 bits per heavy atom. The van der Waals surface area contributed by atoms with Gasteiger partial charge in [-0.2, -0.15) is 0 Å². The lowest BCUT2D eigenvalue weighted by Crippen LogP contribution is -2.08. The van der Waals surface area contributed by atoms with E-state index in [2.05, 4.69) is 20.7 Å². The average molecular weight is 333 g/mol. The normalized spacial score (nSPS) is 15.5. The molecule has 0 aliphatic heterocycles. The number of carbonyl (C=O) groups excluding carboxylic acids is 1. The maximum atomic E-state index is 11.8. The molecule has 18 heavy (non-hydrogen) atoms. The molecule has 0 atom stereocenters. The summed E-state index contributed by atoms with van der Waals surface area (Å²) in [5, 5.41) is 0. The van der Waals surface area contributed by atoms with Gasteiger partial charge in [0.2, 0.25) is 0 Å². The van der Waals surface area contributed by atoms with Crippen molar-refractivity contribution in [3.63, 3.8) is 0 Å². The van der Waals surface area contributed by atoms with Crippen LogP contribution in [0.2, 0.25) is 0 Å². The summed E-state index contributed by atoms with van der Waals surface area (Å²) < 4.78 is 28.8. The molecule has 0 heterocycles. The van der Waals surface area contributed by atoms with Gasteiger partial charge in [-0.05, 0) is 52.4 Å². The second-order valence-electron chi connectivity index (χ2n) is 4.41. The molecule has 1 saturated carbocycles. The second-order valence-corrected chi connectivity index (χ2v) is 7.25. The predicted molar refractivity (Wildman–Crippen MR) is 70.6 cm³/mol. The Morgan fingerprint density at radius 1 is 1.39 bits per heavy atom. The van der Waals surface area contributed by atoms with Gasteiger partial charge >= 0.3 is 5.97 Å². The van der Waals surface area contributed by atoms with Crippen molar-refractivity contribution in [3.8, 4) is 0 Å². The smallest absolute Gasteiger partial charge is 0.339 e. The van der Waals surface area contributed by atoms with E-state index in [0.29, 0.717) is 4.47 Å². The third kappa shape index (κ3) is 2.59. The topological polar surface area (TPSA) is 60.4 Å². The minimum absolute atomic E-state index is 0.230. The van der Waals surface area contributed by atoms with Gasteiger partial charge in [0, 0.05) is 10.7 Å². The number of benzene rings is 1. The molecule has 0 amide bonds. The fourth-order valence-corrected chi connectivity index (χ4v) is 3.38. The molecule has 1 aliphatic rings. The molecule has 1 aliphatic carbocycles. The van der Waals surface area contributed by atoms with E-state index in [1.54, 1.807) is 6.07 Å². The van der Waals surface area contributed by atoms with Crippen LogP contribution < -0.4 is 0 Å². The number of hydrogen-bond acceptors (Lipinski definition) is 4. The average Bonchev–Trinajstić information content (AvgIpc) is 3.09. The fraction of sp³-hybridized carbons (Fsp3) is 0.417. The van der Waals surface area contributed by atoms with Crippen LogP contribution >= 0.6 is 15.9 Å². The summed E-state index contributed by atoms with van der Waals surface area (Å²) in [5.41, 5.74) is 1.03. The molecule has 0 N–H and O–H groups in total. The third-order valence-corrected chi connectivity index (χ3v) is 4.73. The summed E-state index contributed by atoms with van der Waals surface area (Å²) in [6.45, 7) is 0. The molecule has 98 valence electrons. The van der Waals surface area contributed by atoms with E-state index < -0.39 is 15.8 Å². The van der Waals surface area contributed by atoms with Crippen molar-refractivity contribution in [2.45, 2.75) is 23.7 Å². The Morgan fingerprint density at radius 3 is 2.44 bits per heavy atom. The summed E-state index contributed by atoms with van der Waals surface area (Å²) in [7, 11) is -2.08. The van der Waals surface area contributed by atoms with E-state index >= 15 is 0 Å². The van der Waals surface area contributed by atoms with Gasteiger partial charge in [-0.3, -0.25) is 0 Å². The van der Waals surface area contributed by atoms with Crippen LogP contribution in [0.25, 0.3) is 0 Å². The molecular weight excluding hydrogens is 320 g/mol. The van der Waals surface area contributed by atoms with Gasteiger partial charge in [-0.1, -0.05) is 0 Å². The SMILES string of the molecule is COC(=O)c1cc(S(C)(=O)=O)c(C2CC2)cc1Br. The molecular formula is C12H13BrO4S. The summed E-state index contributed by atoms with van der Waals surface area (Å²) in [4.78, 5) is 11.8. The molecule has 4 nitrogen and oxygen atoms in total. The number of halogens is 1. The highest BCUT2D eigenvalue weighted by Crippen LogP contribution is 2.44. The van der Waals surface area contributed by atoms with Crippen molar-refractivity contribution in [1.29, 1.82) is 0 Å². The van der Waals surface area contributed by atoms with Gasteiger partial charge in [0.05, 0.1) is 17.6 Å². The van der Waals surface area contributed by atoms with Gasteiger partial charge < -0.3 is 4.74 Å². The van der Waals surface area contributed by atoms with Crippen molar-refractivity contribution < 1.29 is 17.9 Å².